The molecule has 0 radical (unpaired) electrons. The quantitative estimate of drug-likeness (QED) is 0.545. The number of hydrogen-bond donors (Lipinski definition) is 0. The number of benzene rings is 2. The summed E-state index contributed by atoms with van der Waals surface area (Å²) in [6.07, 6.45) is 0. The van der Waals surface area contributed by atoms with Crippen molar-refractivity contribution in [2.75, 3.05) is 6.54 Å². The van der Waals surface area contributed by atoms with Crippen LogP contribution in [0.15, 0.2) is 70.1 Å². The molecule has 0 unspecified atom stereocenters. The van der Waals surface area contributed by atoms with E-state index in [1.54, 1.807) is 21.6 Å². The molecule has 29 heavy (non-hydrogen) atoms. The van der Waals surface area contributed by atoms with Crippen LogP contribution in [-0.4, -0.2) is 21.9 Å². The topological polar surface area (TPSA) is 51.5 Å². The minimum Gasteiger partial charge on any atom is -0.483 e. The van der Waals surface area contributed by atoms with E-state index in [1.807, 2.05) is 30.3 Å². The predicted molar refractivity (Wildman–Crippen MR) is 110 cm³/mol. The molecule has 0 N–H and O–H groups in total. The number of carbonyl (C=O) groups excluding carboxylic acids is 1. The Hall–Kier alpha value is -2.93. The van der Waals surface area contributed by atoms with Gasteiger partial charge in [0.1, 0.15) is 12.4 Å². The van der Waals surface area contributed by atoms with E-state index in [0.29, 0.717) is 24.2 Å². The molecule has 2 heterocycles. The average Bonchev–Trinajstić information content (AvgIpc) is 2.72. The van der Waals surface area contributed by atoms with E-state index in [1.165, 1.54) is 18.2 Å². The molecule has 0 saturated heterocycles. The van der Waals surface area contributed by atoms with Gasteiger partial charge in [-0.3, -0.25) is 9.59 Å². The predicted octanol–water partition coefficient (Wildman–Crippen LogP) is 3.98. The summed E-state index contributed by atoms with van der Waals surface area (Å²) >= 11 is 3.38. The Morgan fingerprint density at radius 2 is 1.69 bits per heavy atom. The second kappa shape index (κ2) is 8.21. The molecular formula is C22H18BrFN2O3. The molecule has 1 aliphatic rings. The molecule has 2 aromatic carbocycles. The summed E-state index contributed by atoms with van der Waals surface area (Å²) in [4.78, 5) is 27.5. The molecule has 1 aromatic heterocycles. The summed E-state index contributed by atoms with van der Waals surface area (Å²) in [5.41, 5.74) is 1.60. The first-order valence-corrected chi connectivity index (χ1v) is 9.96. The number of fused-ring (bicyclic) bond motifs is 1. The van der Waals surface area contributed by atoms with Crippen LogP contribution in [0.25, 0.3) is 0 Å². The third-order valence-corrected chi connectivity index (χ3v) is 5.47. The molecule has 3 aromatic rings. The number of hydrogen-bond acceptors (Lipinski definition) is 3. The van der Waals surface area contributed by atoms with Crippen molar-refractivity contribution in [3.05, 3.63) is 98.1 Å². The van der Waals surface area contributed by atoms with E-state index >= 15 is 0 Å². The van der Waals surface area contributed by atoms with Crippen molar-refractivity contribution < 1.29 is 13.9 Å². The van der Waals surface area contributed by atoms with Crippen molar-refractivity contribution in [3.8, 4) is 5.75 Å². The Kier molecular flexibility index (Phi) is 5.49. The average molecular weight is 457 g/mol. The fourth-order valence-corrected chi connectivity index (χ4v) is 3.89. The molecular weight excluding hydrogens is 439 g/mol. The summed E-state index contributed by atoms with van der Waals surface area (Å²) in [7, 11) is 0. The molecule has 0 fully saturated rings. The van der Waals surface area contributed by atoms with E-state index in [9.17, 15) is 14.0 Å². The van der Waals surface area contributed by atoms with Crippen molar-refractivity contribution in [1.29, 1.82) is 0 Å². The highest BCUT2D eigenvalue weighted by molar-refractivity contribution is 9.10. The number of amides is 1. The Morgan fingerprint density at radius 3 is 2.41 bits per heavy atom. The van der Waals surface area contributed by atoms with Crippen LogP contribution in [0.3, 0.4) is 0 Å². The zero-order valence-corrected chi connectivity index (χ0v) is 17.1. The number of halogens is 2. The third kappa shape index (κ3) is 4.10. The SMILES string of the molecule is O=C1c2c(OCc3ccccc3)c(=O)cc(Br)n2CCN1Cc1ccc(F)cc1. The summed E-state index contributed by atoms with van der Waals surface area (Å²) in [6, 6.07) is 16.9. The van der Waals surface area contributed by atoms with Crippen molar-refractivity contribution in [3.63, 3.8) is 0 Å². The Bertz CT molecular complexity index is 1100. The van der Waals surface area contributed by atoms with Gasteiger partial charge in [-0.25, -0.2) is 4.39 Å². The number of aromatic nitrogens is 1. The molecule has 5 nitrogen and oxygen atoms in total. The van der Waals surface area contributed by atoms with Gasteiger partial charge in [-0.15, -0.1) is 0 Å². The first kappa shape index (κ1) is 19.4. The molecule has 148 valence electrons. The zero-order chi connectivity index (χ0) is 20.4. The Balaban J connectivity index is 1.64. The van der Waals surface area contributed by atoms with Gasteiger partial charge < -0.3 is 14.2 Å². The van der Waals surface area contributed by atoms with Gasteiger partial charge in [0.15, 0.2) is 11.4 Å². The maximum absolute atomic E-state index is 13.2. The van der Waals surface area contributed by atoms with Crippen LogP contribution in [-0.2, 0) is 19.7 Å². The lowest BCUT2D eigenvalue weighted by Gasteiger charge is -2.31. The maximum atomic E-state index is 13.2. The van der Waals surface area contributed by atoms with Gasteiger partial charge in [-0.2, -0.15) is 0 Å². The Labute approximate surface area is 175 Å². The van der Waals surface area contributed by atoms with E-state index < -0.39 is 0 Å². The maximum Gasteiger partial charge on any atom is 0.274 e. The molecule has 0 bridgehead atoms. The standard InChI is InChI=1S/C22H18BrFN2O3/c23-19-12-18(27)21(29-14-16-4-2-1-3-5-16)20-22(28)25(10-11-26(19)20)13-15-6-8-17(24)9-7-15/h1-9,12H,10-11,13-14H2. The van der Waals surface area contributed by atoms with Crippen molar-refractivity contribution in [1.82, 2.24) is 9.47 Å². The minimum absolute atomic E-state index is 0.0471. The fraction of sp³-hybridized carbons (Fsp3) is 0.182. The number of nitrogens with zero attached hydrogens (tertiary/aromatic N) is 2. The molecule has 4 rings (SSSR count). The van der Waals surface area contributed by atoms with E-state index in [2.05, 4.69) is 15.9 Å². The van der Waals surface area contributed by atoms with Gasteiger partial charge in [0, 0.05) is 25.7 Å². The van der Waals surface area contributed by atoms with E-state index in [4.69, 9.17) is 4.74 Å². The third-order valence-electron chi connectivity index (χ3n) is 4.81. The van der Waals surface area contributed by atoms with Crippen LogP contribution >= 0.6 is 15.9 Å². The van der Waals surface area contributed by atoms with Gasteiger partial charge in [0.2, 0.25) is 5.43 Å². The van der Waals surface area contributed by atoms with Crippen LogP contribution in [0.5, 0.6) is 5.75 Å². The lowest BCUT2D eigenvalue weighted by atomic mass is 10.1. The second-order valence-electron chi connectivity index (χ2n) is 6.79. The van der Waals surface area contributed by atoms with Gasteiger partial charge in [0.25, 0.3) is 5.91 Å². The highest BCUT2D eigenvalue weighted by atomic mass is 79.9. The second-order valence-corrected chi connectivity index (χ2v) is 7.60. The molecule has 0 atom stereocenters. The Morgan fingerprint density at radius 1 is 0.966 bits per heavy atom. The van der Waals surface area contributed by atoms with Crippen LogP contribution in [0.1, 0.15) is 21.6 Å². The normalized spacial score (nSPS) is 13.3. The van der Waals surface area contributed by atoms with E-state index in [0.717, 1.165) is 11.1 Å². The minimum atomic E-state index is -0.351. The molecule has 0 saturated carbocycles. The van der Waals surface area contributed by atoms with Gasteiger partial charge >= 0.3 is 0 Å². The number of pyridine rings is 1. The molecule has 7 heteroatoms. The molecule has 0 aliphatic carbocycles. The summed E-state index contributed by atoms with van der Waals surface area (Å²) in [5, 5.41) is 0. The largest absolute Gasteiger partial charge is 0.483 e. The summed E-state index contributed by atoms with van der Waals surface area (Å²) in [6.45, 7) is 1.52. The lowest BCUT2D eigenvalue weighted by Crippen LogP contribution is -2.42. The first-order valence-electron chi connectivity index (χ1n) is 9.17. The van der Waals surface area contributed by atoms with Crippen molar-refractivity contribution in [2.24, 2.45) is 0 Å². The lowest BCUT2D eigenvalue weighted by molar-refractivity contribution is 0.0678. The number of rotatable bonds is 5. The number of ether oxygens (including phenoxy) is 1. The van der Waals surface area contributed by atoms with Crippen LogP contribution in [0, 0.1) is 5.82 Å². The summed E-state index contributed by atoms with van der Waals surface area (Å²) < 4.78 is 21.3. The van der Waals surface area contributed by atoms with Crippen molar-refractivity contribution in [2.45, 2.75) is 19.7 Å². The van der Waals surface area contributed by atoms with E-state index in [-0.39, 0.29) is 35.2 Å². The van der Waals surface area contributed by atoms with Crippen LogP contribution in [0.2, 0.25) is 0 Å². The van der Waals surface area contributed by atoms with Gasteiger partial charge in [-0.05, 0) is 39.2 Å². The molecule has 0 spiro atoms. The number of carbonyl (C=O) groups is 1. The van der Waals surface area contributed by atoms with Gasteiger partial charge in [0.05, 0.1) is 4.60 Å². The fourth-order valence-electron chi connectivity index (χ4n) is 3.33. The molecule has 1 aliphatic heterocycles. The smallest absolute Gasteiger partial charge is 0.274 e. The summed E-state index contributed by atoms with van der Waals surface area (Å²) in [5.74, 6) is -0.566. The first-order chi connectivity index (χ1) is 14.0. The van der Waals surface area contributed by atoms with Crippen LogP contribution < -0.4 is 10.2 Å². The van der Waals surface area contributed by atoms with Crippen LogP contribution in [0.4, 0.5) is 4.39 Å². The molecule has 1 amide bonds. The monoisotopic (exact) mass is 456 g/mol. The highest BCUT2D eigenvalue weighted by Crippen LogP contribution is 2.26. The highest BCUT2D eigenvalue weighted by Gasteiger charge is 2.30. The zero-order valence-electron chi connectivity index (χ0n) is 15.5. The van der Waals surface area contributed by atoms with Crippen molar-refractivity contribution >= 4 is 21.8 Å². The van der Waals surface area contributed by atoms with Gasteiger partial charge in [-0.1, -0.05) is 42.5 Å².